The summed E-state index contributed by atoms with van der Waals surface area (Å²) in [7, 11) is 1.83. The highest BCUT2D eigenvalue weighted by atomic mass is 79.9. The molecule has 1 amide bonds. The van der Waals surface area contributed by atoms with E-state index in [1.54, 1.807) is 0 Å². The SMILES string of the molecule is Br.CCCCCNC(=O)c1ccc(CNNC)cc1. The van der Waals surface area contributed by atoms with Crippen LogP contribution in [0.4, 0.5) is 0 Å². The van der Waals surface area contributed by atoms with Crippen molar-refractivity contribution in [3.63, 3.8) is 0 Å². The molecule has 4 nitrogen and oxygen atoms in total. The van der Waals surface area contributed by atoms with Crippen LogP contribution in [0.15, 0.2) is 24.3 Å². The van der Waals surface area contributed by atoms with Gasteiger partial charge in [-0.05, 0) is 31.2 Å². The van der Waals surface area contributed by atoms with Gasteiger partial charge < -0.3 is 5.32 Å². The van der Waals surface area contributed by atoms with Crippen molar-refractivity contribution in [3.8, 4) is 0 Å². The monoisotopic (exact) mass is 329 g/mol. The number of rotatable bonds is 8. The molecular weight excluding hydrogens is 306 g/mol. The van der Waals surface area contributed by atoms with Gasteiger partial charge in [0.25, 0.3) is 5.91 Å². The summed E-state index contributed by atoms with van der Waals surface area (Å²) in [5.41, 5.74) is 7.74. The lowest BCUT2D eigenvalue weighted by atomic mass is 10.1. The van der Waals surface area contributed by atoms with Gasteiger partial charge in [-0.1, -0.05) is 31.9 Å². The van der Waals surface area contributed by atoms with Gasteiger partial charge in [-0.15, -0.1) is 17.0 Å². The molecule has 3 N–H and O–H groups in total. The van der Waals surface area contributed by atoms with Crippen molar-refractivity contribution >= 4 is 22.9 Å². The second-order valence-electron chi connectivity index (χ2n) is 4.26. The smallest absolute Gasteiger partial charge is 0.251 e. The molecule has 0 aliphatic heterocycles. The highest BCUT2D eigenvalue weighted by molar-refractivity contribution is 8.93. The van der Waals surface area contributed by atoms with E-state index in [9.17, 15) is 4.79 Å². The second-order valence-corrected chi connectivity index (χ2v) is 4.26. The van der Waals surface area contributed by atoms with Crippen LogP contribution < -0.4 is 16.2 Å². The molecule has 0 saturated carbocycles. The van der Waals surface area contributed by atoms with Gasteiger partial charge in [0.05, 0.1) is 0 Å². The second kappa shape index (κ2) is 11.0. The molecule has 0 heterocycles. The van der Waals surface area contributed by atoms with Crippen molar-refractivity contribution < 1.29 is 4.79 Å². The molecule has 0 aliphatic rings. The lowest BCUT2D eigenvalue weighted by Gasteiger charge is -2.06. The minimum Gasteiger partial charge on any atom is -0.352 e. The Bertz CT molecular complexity index is 354. The summed E-state index contributed by atoms with van der Waals surface area (Å²) in [6.07, 6.45) is 3.38. The number of hydrogen-bond donors (Lipinski definition) is 3. The normalized spacial score (nSPS) is 9.79. The minimum atomic E-state index is 0. The van der Waals surface area contributed by atoms with Crippen LogP contribution in [-0.2, 0) is 6.54 Å². The Morgan fingerprint density at radius 1 is 1.16 bits per heavy atom. The largest absolute Gasteiger partial charge is 0.352 e. The number of benzene rings is 1. The van der Waals surface area contributed by atoms with E-state index < -0.39 is 0 Å². The Morgan fingerprint density at radius 3 is 2.42 bits per heavy atom. The Labute approximate surface area is 126 Å². The van der Waals surface area contributed by atoms with Crippen LogP contribution in [0.3, 0.4) is 0 Å². The number of nitrogens with one attached hydrogen (secondary N) is 3. The first-order valence-corrected chi connectivity index (χ1v) is 6.54. The van der Waals surface area contributed by atoms with Gasteiger partial charge in [0.15, 0.2) is 0 Å². The third kappa shape index (κ3) is 7.30. The highest BCUT2D eigenvalue weighted by Gasteiger charge is 2.03. The number of carbonyl (C=O) groups excluding carboxylic acids is 1. The van der Waals surface area contributed by atoms with Crippen molar-refractivity contribution in [2.45, 2.75) is 32.7 Å². The van der Waals surface area contributed by atoms with Crippen LogP contribution in [0.2, 0.25) is 0 Å². The number of halogens is 1. The molecule has 0 bridgehead atoms. The van der Waals surface area contributed by atoms with Crippen LogP contribution in [0.1, 0.15) is 42.1 Å². The molecule has 0 spiro atoms. The van der Waals surface area contributed by atoms with Crippen LogP contribution in [0.25, 0.3) is 0 Å². The molecule has 1 aromatic rings. The van der Waals surface area contributed by atoms with E-state index in [1.807, 2.05) is 31.3 Å². The van der Waals surface area contributed by atoms with E-state index in [-0.39, 0.29) is 22.9 Å². The molecule has 0 aromatic heterocycles. The Hall–Kier alpha value is -0.910. The van der Waals surface area contributed by atoms with Crippen molar-refractivity contribution in [2.75, 3.05) is 13.6 Å². The number of hydrogen-bond acceptors (Lipinski definition) is 3. The van der Waals surface area contributed by atoms with Gasteiger partial charge in [-0.3, -0.25) is 15.6 Å². The van der Waals surface area contributed by atoms with E-state index >= 15 is 0 Å². The minimum absolute atomic E-state index is 0. The first kappa shape index (κ1) is 18.1. The molecule has 1 aromatic carbocycles. The molecule has 5 heteroatoms. The molecule has 1 rings (SSSR count). The van der Waals surface area contributed by atoms with Gasteiger partial charge in [0, 0.05) is 18.7 Å². The maximum atomic E-state index is 11.8. The van der Waals surface area contributed by atoms with Crippen molar-refractivity contribution in [1.82, 2.24) is 16.2 Å². The quantitative estimate of drug-likeness (QED) is 0.507. The lowest BCUT2D eigenvalue weighted by Crippen LogP contribution is -2.27. The summed E-state index contributed by atoms with van der Waals surface area (Å²) in [5.74, 6) is 0.0132. The van der Waals surface area contributed by atoms with Gasteiger partial charge in [-0.25, -0.2) is 0 Å². The van der Waals surface area contributed by atoms with E-state index in [1.165, 1.54) is 6.42 Å². The van der Waals surface area contributed by atoms with Crippen LogP contribution in [-0.4, -0.2) is 19.5 Å². The van der Waals surface area contributed by atoms with Gasteiger partial charge in [-0.2, -0.15) is 0 Å². The summed E-state index contributed by atoms with van der Waals surface area (Å²) >= 11 is 0. The Morgan fingerprint density at radius 2 is 1.84 bits per heavy atom. The maximum Gasteiger partial charge on any atom is 0.251 e. The lowest BCUT2D eigenvalue weighted by molar-refractivity contribution is 0.0953. The fourth-order valence-corrected chi connectivity index (χ4v) is 1.64. The number of carbonyl (C=O) groups is 1. The summed E-state index contributed by atoms with van der Waals surface area (Å²) < 4.78 is 0. The number of hydrazine groups is 1. The fourth-order valence-electron chi connectivity index (χ4n) is 1.64. The van der Waals surface area contributed by atoms with Crippen LogP contribution in [0, 0.1) is 0 Å². The van der Waals surface area contributed by atoms with E-state index in [2.05, 4.69) is 23.1 Å². The number of unbranched alkanes of at least 4 members (excludes halogenated alkanes) is 2. The summed E-state index contributed by atoms with van der Waals surface area (Å²) in [6.45, 7) is 3.66. The van der Waals surface area contributed by atoms with Gasteiger partial charge >= 0.3 is 0 Å². The average molecular weight is 330 g/mol. The molecule has 0 radical (unpaired) electrons. The van der Waals surface area contributed by atoms with E-state index in [4.69, 9.17) is 0 Å². The van der Waals surface area contributed by atoms with Crippen molar-refractivity contribution in [2.24, 2.45) is 0 Å². The maximum absolute atomic E-state index is 11.8. The third-order valence-electron chi connectivity index (χ3n) is 2.75. The predicted octanol–water partition coefficient (Wildman–Crippen LogP) is 2.41. The van der Waals surface area contributed by atoms with E-state index in [0.717, 1.165) is 37.1 Å². The first-order valence-electron chi connectivity index (χ1n) is 6.54. The zero-order chi connectivity index (χ0) is 13.2. The molecule has 0 atom stereocenters. The topological polar surface area (TPSA) is 53.2 Å². The summed E-state index contributed by atoms with van der Waals surface area (Å²) in [5, 5.41) is 2.93. The van der Waals surface area contributed by atoms with Gasteiger partial charge in [0.1, 0.15) is 0 Å². The Kier molecular flexibility index (Phi) is 10.4. The molecule has 0 unspecified atom stereocenters. The molecule has 19 heavy (non-hydrogen) atoms. The highest BCUT2D eigenvalue weighted by Crippen LogP contribution is 2.04. The molecule has 0 aliphatic carbocycles. The average Bonchev–Trinajstić information content (AvgIpc) is 2.41. The fraction of sp³-hybridized carbons (Fsp3) is 0.500. The van der Waals surface area contributed by atoms with E-state index in [0.29, 0.717) is 0 Å². The Balaban J connectivity index is 0.00000324. The molecule has 0 fully saturated rings. The summed E-state index contributed by atoms with van der Waals surface area (Å²) in [4.78, 5) is 11.8. The standard InChI is InChI=1S/C14H23N3O.BrH/c1-3-4-5-10-16-14(18)13-8-6-12(7-9-13)11-17-15-2;/h6-9,15,17H,3-5,10-11H2,1-2H3,(H,16,18);1H. The van der Waals surface area contributed by atoms with Gasteiger partial charge in [0.2, 0.25) is 0 Å². The predicted molar refractivity (Wildman–Crippen MR) is 84.5 cm³/mol. The van der Waals surface area contributed by atoms with Crippen LogP contribution in [0.5, 0.6) is 0 Å². The summed E-state index contributed by atoms with van der Waals surface area (Å²) in [6, 6.07) is 7.65. The van der Waals surface area contributed by atoms with Crippen molar-refractivity contribution in [1.29, 1.82) is 0 Å². The molecule has 0 saturated heterocycles. The van der Waals surface area contributed by atoms with Crippen LogP contribution >= 0.6 is 17.0 Å². The molecule has 108 valence electrons. The number of amides is 1. The zero-order valence-electron chi connectivity index (χ0n) is 11.7. The van der Waals surface area contributed by atoms with Crippen molar-refractivity contribution in [3.05, 3.63) is 35.4 Å². The first-order chi connectivity index (χ1) is 8.77. The zero-order valence-corrected chi connectivity index (χ0v) is 13.4. The third-order valence-corrected chi connectivity index (χ3v) is 2.75. The molecular formula is C14H24BrN3O.